The molecule has 0 saturated carbocycles. The van der Waals surface area contributed by atoms with Gasteiger partial charge in [-0.1, -0.05) is 23.4 Å². The summed E-state index contributed by atoms with van der Waals surface area (Å²) in [6, 6.07) is 16.7. The second-order valence-electron chi connectivity index (χ2n) is 6.19. The standard InChI is InChI=1S/C20H17ClN4OS/c1-14-13-27-20(23-14)25(18-9-5-16(21)6-10-18)19(26)15-3-7-17(8-4-15)24-12-2-11-22-24/h2-12,14H,13H2,1H3/t14-/m0/s1. The number of anilines is 1. The number of carbonyl (C=O) groups is 1. The fourth-order valence-electron chi connectivity index (χ4n) is 2.79. The number of rotatable bonds is 3. The predicted molar refractivity (Wildman–Crippen MR) is 111 cm³/mol. The highest BCUT2D eigenvalue weighted by molar-refractivity contribution is 8.14. The Balaban J connectivity index is 1.68. The van der Waals surface area contributed by atoms with E-state index in [-0.39, 0.29) is 11.9 Å². The van der Waals surface area contributed by atoms with Gasteiger partial charge in [-0.05, 0) is 61.5 Å². The van der Waals surface area contributed by atoms with Crippen LogP contribution in [-0.2, 0) is 0 Å². The average Bonchev–Trinajstić information content (AvgIpc) is 3.36. The maximum absolute atomic E-state index is 13.3. The van der Waals surface area contributed by atoms with E-state index in [1.54, 1.807) is 39.7 Å². The lowest BCUT2D eigenvalue weighted by Gasteiger charge is -2.22. The molecule has 0 fully saturated rings. The molecule has 0 saturated heterocycles. The van der Waals surface area contributed by atoms with Crippen LogP contribution < -0.4 is 4.90 Å². The molecule has 4 rings (SSSR count). The smallest absolute Gasteiger partial charge is 0.264 e. The Morgan fingerprint density at radius 2 is 1.93 bits per heavy atom. The molecule has 0 spiro atoms. The van der Waals surface area contributed by atoms with Crippen molar-refractivity contribution in [2.45, 2.75) is 13.0 Å². The summed E-state index contributed by atoms with van der Waals surface area (Å²) in [6.07, 6.45) is 3.58. The zero-order valence-corrected chi connectivity index (χ0v) is 16.2. The zero-order chi connectivity index (χ0) is 18.8. The van der Waals surface area contributed by atoms with Gasteiger partial charge >= 0.3 is 0 Å². The molecule has 2 aromatic carbocycles. The first-order valence-electron chi connectivity index (χ1n) is 8.52. The van der Waals surface area contributed by atoms with Crippen molar-refractivity contribution in [1.82, 2.24) is 9.78 Å². The average molecular weight is 397 g/mol. The van der Waals surface area contributed by atoms with Gasteiger partial charge in [0, 0.05) is 28.7 Å². The lowest BCUT2D eigenvalue weighted by molar-refractivity contribution is 0.100. The summed E-state index contributed by atoms with van der Waals surface area (Å²) < 4.78 is 1.75. The molecule has 0 N–H and O–H groups in total. The molecule has 2 heterocycles. The second kappa shape index (κ2) is 7.58. The molecule has 1 aliphatic heterocycles. The van der Waals surface area contributed by atoms with Gasteiger partial charge in [0.25, 0.3) is 5.91 Å². The van der Waals surface area contributed by atoms with Crippen LogP contribution in [0.3, 0.4) is 0 Å². The van der Waals surface area contributed by atoms with Gasteiger partial charge in [-0.15, -0.1) is 0 Å². The van der Waals surface area contributed by atoms with Crippen LogP contribution in [0, 0.1) is 0 Å². The largest absolute Gasteiger partial charge is 0.268 e. The molecule has 136 valence electrons. The Bertz CT molecular complexity index is 968. The summed E-state index contributed by atoms with van der Waals surface area (Å²) in [7, 11) is 0. The first kappa shape index (κ1) is 17.8. The Morgan fingerprint density at radius 1 is 1.19 bits per heavy atom. The number of amidine groups is 1. The number of aliphatic imine (C=N–C) groups is 1. The van der Waals surface area contributed by atoms with Crippen molar-refractivity contribution >= 4 is 40.1 Å². The van der Waals surface area contributed by atoms with Gasteiger partial charge in [0.2, 0.25) is 0 Å². The highest BCUT2D eigenvalue weighted by Crippen LogP contribution is 2.28. The molecule has 1 aliphatic rings. The fraction of sp³-hybridized carbons (Fsp3) is 0.150. The van der Waals surface area contributed by atoms with Gasteiger partial charge in [-0.25, -0.2) is 4.68 Å². The number of nitrogens with zero attached hydrogens (tertiary/aromatic N) is 4. The quantitative estimate of drug-likeness (QED) is 0.646. The molecule has 7 heteroatoms. The first-order chi connectivity index (χ1) is 13.1. The number of thioether (sulfide) groups is 1. The minimum Gasteiger partial charge on any atom is -0.268 e. The van der Waals surface area contributed by atoms with Crippen molar-refractivity contribution in [2.24, 2.45) is 4.99 Å². The van der Waals surface area contributed by atoms with Crippen molar-refractivity contribution in [3.63, 3.8) is 0 Å². The maximum atomic E-state index is 13.3. The maximum Gasteiger partial charge on any atom is 0.264 e. The van der Waals surface area contributed by atoms with E-state index in [1.807, 2.05) is 55.6 Å². The summed E-state index contributed by atoms with van der Waals surface area (Å²) >= 11 is 7.60. The van der Waals surface area contributed by atoms with E-state index in [2.05, 4.69) is 10.1 Å². The van der Waals surface area contributed by atoms with Crippen LogP contribution in [0.25, 0.3) is 5.69 Å². The molecule has 0 radical (unpaired) electrons. The third kappa shape index (κ3) is 3.77. The number of benzene rings is 2. The van der Waals surface area contributed by atoms with Crippen LogP contribution in [-0.4, -0.2) is 32.7 Å². The van der Waals surface area contributed by atoms with Gasteiger partial charge in [0.1, 0.15) is 0 Å². The molecular formula is C20H17ClN4OS. The number of amides is 1. The van der Waals surface area contributed by atoms with Crippen LogP contribution in [0.1, 0.15) is 17.3 Å². The Morgan fingerprint density at radius 3 is 2.52 bits per heavy atom. The van der Waals surface area contributed by atoms with Crippen molar-refractivity contribution in [3.05, 3.63) is 77.6 Å². The van der Waals surface area contributed by atoms with Crippen molar-refractivity contribution in [2.75, 3.05) is 10.7 Å². The van der Waals surface area contributed by atoms with Gasteiger partial charge < -0.3 is 0 Å². The van der Waals surface area contributed by atoms with Crippen LogP contribution in [0.15, 0.2) is 72.0 Å². The minimum atomic E-state index is -0.121. The van der Waals surface area contributed by atoms with E-state index < -0.39 is 0 Å². The van der Waals surface area contributed by atoms with E-state index >= 15 is 0 Å². The number of hydrogen-bond acceptors (Lipinski definition) is 4. The van der Waals surface area contributed by atoms with Gasteiger partial charge in [-0.3, -0.25) is 14.7 Å². The zero-order valence-electron chi connectivity index (χ0n) is 14.6. The van der Waals surface area contributed by atoms with Crippen LogP contribution in [0.5, 0.6) is 0 Å². The molecule has 1 atom stereocenters. The number of hydrogen-bond donors (Lipinski definition) is 0. The number of carbonyl (C=O) groups excluding carboxylic acids is 1. The molecule has 0 unspecified atom stereocenters. The molecule has 0 bridgehead atoms. The van der Waals surface area contributed by atoms with E-state index in [0.717, 1.165) is 17.1 Å². The SMILES string of the molecule is C[C@H]1CSC(N(C(=O)c2ccc(-n3cccn3)cc2)c2ccc(Cl)cc2)=N1. The molecule has 5 nitrogen and oxygen atoms in total. The second-order valence-corrected chi connectivity index (χ2v) is 7.61. The molecule has 0 aliphatic carbocycles. The van der Waals surface area contributed by atoms with Gasteiger partial charge in [0.15, 0.2) is 5.17 Å². The Labute approximate surface area is 166 Å². The molecule has 3 aromatic rings. The first-order valence-corrected chi connectivity index (χ1v) is 9.89. The van der Waals surface area contributed by atoms with Crippen molar-refractivity contribution in [1.29, 1.82) is 0 Å². The highest BCUT2D eigenvalue weighted by atomic mass is 35.5. The fourth-order valence-corrected chi connectivity index (χ4v) is 3.96. The lowest BCUT2D eigenvalue weighted by atomic mass is 10.1. The van der Waals surface area contributed by atoms with Crippen LogP contribution >= 0.6 is 23.4 Å². The minimum absolute atomic E-state index is 0.121. The third-order valence-electron chi connectivity index (χ3n) is 4.15. The summed E-state index contributed by atoms with van der Waals surface area (Å²) in [5.74, 6) is 0.745. The lowest BCUT2D eigenvalue weighted by Crippen LogP contribution is -2.34. The molecule has 27 heavy (non-hydrogen) atoms. The highest BCUT2D eigenvalue weighted by Gasteiger charge is 2.27. The molecular weight excluding hydrogens is 380 g/mol. The summed E-state index contributed by atoms with van der Waals surface area (Å²) in [6.45, 7) is 2.05. The Kier molecular flexibility index (Phi) is 5.01. The van der Waals surface area contributed by atoms with Crippen molar-refractivity contribution in [3.8, 4) is 5.69 Å². The topological polar surface area (TPSA) is 50.5 Å². The van der Waals surface area contributed by atoms with Gasteiger partial charge in [-0.2, -0.15) is 5.10 Å². The number of aromatic nitrogens is 2. The van der Waals surface area contributed by atoms with E-state index in [1.165, 1.54) is 0 Å². The Hall–Kier alpha value is -2.57. The van der Waals surface area contributed by atoms with Gasteiger partial charge in [0.05, 0.1) is 17.4 Å². The third-order valence-corrected chi connectivity index (χ3v) is 5.59. The van der Waals surface area contributed by atoms with E-state index in [4.69, 9.17) is 11.6 Å². The summed E-state index contributed by atoms with van der Waals surface area (Å²) in [5, 5.41) is 5.55. The molecule has 1 amide bonds. The van der Waals surface area contributed by atoms with E-state index in [0.29, 0.717) is 15.8 Å². The predicted octanol–water partition coefficient (Wildman–Crippen LogP) is 4.66. The monoisotopic (exact) mass is 396 g/mol. The summed E-state index contributed by atoms with van der Waals surface area (Å²) in [4.78, 5) is 19.6. The normalized spacial score (nSPS) is 16.2. The van der Waals surface area contributed by atoms with Crippen LogP contribution in [0.4, 0.5) is 5.69 Å². The van der Waals surface area contributed by atoms with E-state index in [9.17, 15) is 4.79 Å². The summed E-state index contributed by atoms with van der Waals surface area (Å²) in [5.41, 5.74) is 2.24. The van der Waals surface area contributed by atoms with Crippen LogP contribution in [0.2, 0.25) is 5.02 Å². The molecule has 1 aromatic heterocycles. The number of halogens is 1. The van der Waals surface area contributed by atoms with Crippen molar-refractivity contribution < 1.29 is 4.79 Å².